The highest BCUT2D eigenvalue weighted by molar-refractivity contribution is 9.10. The summed E-state index contributed by atoms with van der Waals surface area (Å²) in [7, 11) is 0. The topological polar surface area (TPSA) is 12.0 Å². The largest absolute Gasteiger partial charge is 0.316 e. The summed E-state index contributed by atoms with van der Waals surface area (Å²) in [6.07, 6.45) is 2.64. The lowest BCUT2D eigenvalue weighted by molar-refractivity contribution is 0.0842. The van der Waals surface area contributed by atoms with E-state index in [0.29, 0.717) is 6.42 Å². The van der Waals surface area contributed by atoms with E-state index in [9.17, 15) is 4.39 Å². The predicted molar refractivity (Wildman–Crippen MR) is 70.8 cm³/mol. The van der Waals surface area contributed by atoms with Crippen LogP contribution in [0.1, 0.15) is 24.6 Å². The third-order valence-electron chi connectivity index (χ3n) is 3.29. The van der Waals surface area contributed by atoms with Gasteiger partial charge < -0.3 is 5.32 Å². The molecule has 1 nitrogen and oxygen atoms in total. The summed E-state index contributed by atoms with van der Waals surface area (Å²) >= 11 is 5.04. The minimum atomic E-state index is -1.09. The molecule has 90 valence electrons. The molecular formula is C12H17BrFNS. The van der Waals surface area contributed by atoms with Crippen molar-refractivity contribution < 1.29 is 4.39 Å². The van der Waals surface area contributed by atoms with Gasteiger partial charge in [-0.15, -0.1) is 11.3 Å². The van der Waals surface area contributed by atoms with E-state index < -0.39 is 5.67 Å². The Balaban J connectivity index is 2.00. The Hall–Kier alpha value is 0.0700. The van der Waals surface area contributed by atoms with Crippen LogP contribution in [0.3, 0.4) is 0 Å². The van der Waals surface area contributed by atoms with Crippen molar-refractivity contribution in [3.63, 3.8) is 0 Å². The van der Waals surface area contributed by atoms with Crippen LogP contribution >= 0.6 is 27.3 Å². The number of hydrogen-bond acceptors (Lipinski definition) is 2. The standard InChI is InChI=1S/C12H17BrFNS/c1-12(14,9-3-2-4-15-7-9)6-11-5-10(13)8-16-11/h5,8-9,15H,2-4,6-7H2,1H3. The Morgan fingerprint density at radius 3 is 3.06 bits per heavy atom. The van der Waals surface area contributed by atoms with Crippen molar-refractivity contribution in [2.45, 2.75) is 31.9 Å². The second kappa shape index (κ2) is 5.15. The van der Waals surface area contributed by atoms with Gasteiger partial charge in [-0.25, -0.2) is 4.39 Å². The smallest absolute Gasteiger partial charge is 0.117 e. The first-order valence-electron chi connectivity index (χ1n) is 5.70. The van der Waals surface area contributed by atoms with Crippen LogP contribution in [0.25, 0.3) is 0 Å². The SMILES string of the molecule is CC(F)(Cc1cc(Br)cs1)C1CCCNC1. The van der Waals surface area contributed by atoms with E-state index in [1.807, 2.05) is 11.4 Å². The molecule has 1 aromatic rings. The molecule has 0 spiro atoms. The van der Waals surface area contributed by atoms with Gasteiger partial charge in [0.2, 0.25) is 0 Å². The quantitative estimate of drug-likeness (QED) is 0.896. The van der Waals surface area contributed by atoms with Crippen molar-refractivity contribution in [2.24, 2.45) is 5.92 Å². The normalized spacial score (nSPS) is 25.3. The molecule has 0 bridgehead atoms. The molecule has 0 saturated carbocycles. The van der Waals surface area contributed by atoms with Gasteiger partial charge in [0.15, 0.2) is 0 Å². The summed E-state index contributed by atoms with van der Waals surface area (Å²) in [5.41, 5.74) is -1.09. The average Bonchev–Trinajstić information content (AvgIpc) is 2.64. The van der Waals surface area contributed by atoms with Gasteiger partial charge in [-0.3, -0.25) is 0 Å². The van der Waals surface area contributed by atoms with Crippen LogP contribution in [0.15, 0.2) is 15.9 Å². The Labute approximate surface area is 109 Å². The highest BCUT2D eigenvalue weighted by Gasteiger charge is 2.35. The number of nitrogens with one attached hydrogen (secondary N) is 1. The molecule has 1 saturated heterocycles. The summed E-state index contributed by atoms with van der Waals surface area (Å²) in [4.78, 5) is 1.13. The van der Waals surface area contributed by atoms with Gasteiger partial charge in [-0.1, -0.05) is 0 Å². The zero-order valence-corrected chi connectivity index (χ0v) is 11.8. The summed E-state index contributed by atoms with van der Waals surface area (Å²) < 4.78 is 15.7. The van der Waals surface area contributed by atoms with Crippen LogP contribution in [-0.4, -0.2) is 18.8 Å². The molecule has 1 aliphatic heterocycles. The summed E-state index contributed by atoms with van der Waals surface area (Å²) in [6, 6.07) is 2.03. The molecule has 0 amide bonds. The third-order valence-corrected chi connectivity index (χ3v) is 4.99. The van der Waals surface area contributed by atoms with E-state index >= 15 is 0 Å². The minimum absolute atomic E-state index is 0.155. The molecule has 1 aromatic heterocycles. The Bertz CT molecular complexity index is 345. The maximum atomic E-state index is 14.6. The fraction of sp³-hybridized carbons (Fsp3) is 0.667. The van der Waals surface area contributed by atoms with E-state index in [-0.39, 0.29) is 5.92 Å². The molecule has 16 heavy (non-hydrogen) atoms. The number of thiophene rings is 1. The number of rotatable bonds is 3. The fourth-order valence-corrected chi connectivity index (χ4v) is 3.90. The van der Waals surface area contributed by atoms with E-state index in [1.165, 1.54) is 0 Å². The van der Waals surface area contributed by atoms with Crippen LogP contribution < -0.4 is 5.32 Å². The van der Waals surface area contributed by atoms with Crippen molar-refractivity contribution in [1.82, 2.24) is 5.32 Å². The molecule has 0 radical (unpaired) electrons. The second-order valence-electron chi connectivity index (χ2n) is 4.73. The lowest BCUT2D eigenvalue weighted by Gasteiger charge is -2.33. The minimum Gasteiger partial charge on any atom is -0.316 e. The van der Waals surface area contributed by atoms with Crippen molar-refractivity contribution >= 4 is 27.3 Å². The van der Waals surface area contributed by atoms with Crippen LogP contribution in [0, 0.1) is 5.92 Å². The van der Waals surface area contributed by atoms with Crippen LogP contribution in [0.2, 0.25) is 0 Å². The molecule has 2 unspecified atom stereocenters. The molecular weight excluding hydrogens is 289 g/mol. The van der Waals surface area contributed by atoms with Crippen molar-refractivity contribution in [3.05, 3.63) is 20.8 Å². The Morgan fingerprint density at radius 1 is 1.69 bits per heavy atom. The molecule has 2 rings (SSSR count). The average molecular weight is 306 g/mol. The van der Waals surface area contributed by atoms with Crippen LogP contribution in [-0.2, 0) is 6.42 Å². The highest BCUT2D eigenvalue weighted by atomic mass is 79.9. The van der Waals surface area contributed by atoms with Gasteiger partial charge in [-0.05, 0) is 48.3 Å². The lowest BCUT2D eigenvalue weighted by Crippen LogP contribution is -2.42. The maximum absolute atomic E-state index is 14.6. The van der Waals surface area contributed by atoms with E-state index in [4.69, 9.17) is 0 Å². The zero-order chi connectivity index (χ0) is 11.6. The molecule has 4 heteroatoms. The van der Waals surface area contributed by atoms with Crippen molar-refractivity contribution in [1.29, 1.82) is 0 Å². The van der Waals surface area contributed by atoms with Gasteiger partial charge in [0, 0.05) is 33.6 Å². The van der Waals surface area contributed by atoms with Gasteiger partial charge in [0.1, 0.15) is 5.67 Å². The Morgan fingerprint density at radius 2 is 2.50 bits per heavy atom. The number of hydrogen-bond donors (Lipinski definition) is 1. The first-order valence-corrected chi connectivity index (χ1v) is 7.38. The summed E-state index contributed by atoms with van der Waals surface area (Å²) in [6.45, 7) is 3.61. The molecule has 1 aliphatic rings. The van der Waals surface area contributed by atoms with E-state index in [2.05, 4.69) is 21.2 Å². The molecule has 2 atom stereocenters. The number of piperidine rings is 1. The predicted octanol–water partition coefficient (Wildman–Crippen LogP) is 3.78. The lowest BCUT2D eigenvalue weighted by atomic mass is 9.82. The van der Waals surface area contributed by atoms with Gasteiger partial charge >= 0.3 is 0 Å². The first kappa shape index (κ1) is 12.5. The molecule has 2 heterocycles. The van der Waals surface area contributed by atoms with Crippen molar-refractivity contribution in [2.75, 3.05) is 13.1 Å². The first-order chi connectivity index (χ1) is 7.58. The molecule has 0 aliphatic carbocycles. The maximum Gasteiger partial charge on any atom is 0.117 e. The Kier molecular flexibility index (Phi) is 4.03. The zero-order valence-electron chi connectivity index (χ0n) is 9.43. The second-order valence-corrected chi connectivity index (χ2v) is 6.64. The number of halogens is 2. The fourth-order valence-electron chi connectivity index (χ4n) is 2.30. The third kappa shape index (κ3) is 3.05. The number of alkyl halides is 1. The van der Waals surface area contributed by atoms with Crippen LogP contribution in [0.4, 0.5) is 4.39 Å². The van der Waals surface area contributed by atoms with E-state index in [0.717, 1.165) is 35.3 Å². The highest BCUT2D eigenvalue weighted by Crippen LogP contribution is 2.33. The molecule has 1 N–H and O–H groups in total. The van der Waals surface area contributed by atoms with Crippen LogP contribution in [0.5, 0.6) is 0 Å². The van der Waals surface area contributed by atoms with Gasteiger partial charge in [-0.2, -0.15) is 0 Å². The summed E-state index contributed by atoms with van der Waals surface area (Å²) in [5.74, 6) is 0.155. The molecule has 0 aromatic carbocycles. The monoisotopic (exact) mass is 305 g/mol. The van der Waals surface area contributed by atoms with Gasteiger partial charge in [0.25, 0.3) is 0 Å². The molecule has 1 fully saturated rings. The van der Waals surface area contributed by atoms with Gasteiger partial charge in [0.05, 0.1) is 0 Å². The summed E-state index contributed by atoms with van der Waals surface area (Å²) in [5, 5.41) is 5.30. The van der Waals surface area contributed by atoms with E-state index in [1.54, 1.807) is 18.3 Å². The van der Waals surface area contributed by atoms with Crippen molar-refractivity contribution in [3.8, 4) is 0 Å².